The van der Waals surface area contributed by atoms with Crippen LogP contribution in [0, 0.1) is 29.5 Å². The van der Waals surface area contributed by atoms with Crippen molar-refractivity contribution in [2.45, 2.75) is 82.0 Å². The molecule has 0 saturated heterocycles. The summed E-state index contributed by atoms with van der Waals surface area (Å²) in [4.78, 5) is 59.1. The molecule has 1 amide bonds. The maximum atomic E-state index is 16.9. The number of methoxy groups -OCH3 is 1. The molecule has 0 bridgehead atoms. The molecule has 4 aliphatic carbocycles. The lowest BCUT2D eigenvalue weighted by Gasteiger charge is -2.55. The SMILES string of the molecule is CCCN(Cc1cc(OC(C)S)c2c(c1F)CC1CC3C(N(C)C)C(=O)C(C(N)=O)CC3(OC)C(=O)C1C2=O)C1Cc2ccccc2C1. The molecule has 9 nitrogen and oxygen atoms in total. The molecule has 0 radical (unpaired) electrons. The number of fused-ring (bicyclic) bond motifs is 4. The van der Waals surface area contributed by atoms with E-state index in [-0.39, 0.29) is 48.0 Å². The molecule has 0 aliphatic heterocycles. The molecule has 11 heteroatoms. The van der Waals surface area contributed by atoms with Crippen LogP contribution in [0.3, 0.4) is 0 Å². The monoisotopic (exact) mass is 679 g/mol. The van der Waals surface area contributed by atoms with Crippen LogP contribution in [0.1, 0.15) is 65.7 Å². The van der Waals surface area contributed by atoms with E-state index in [2.05, 4.69) is 36.6 Å². The predicted molar refractivity (Wildman–Crippen MR) is 181 cm³/mol. The first-order valence-corrected chi connectivity index (χ1v) is 17.5. The summed E-state index contributed by atoms with van der Waals surface area (Å²) in [6.07, 6.45) is 2.83. The molecule has 6 rings (SSSR count). The first kappa shape index (κ1) is 34.7. The second kappa shape index (κ2) is 13.3. The summed E-state index contributed by atoms with van der Waals surface area (Å²) in [7, 11) is 4.80. The van der Waals surface area contributed by atoms with Crippen molar-refractivity contribution >= 4 is 35.9 Å². The van der Waals surface area contributed by atoms with Crippen molar-refractivity contribution in [2.24, 2.45) is 29.4 Å². The van der Waals surface area contributed by atoms with E-state index in [1.54, 1.807) is 32.0 Å². The Morgan fingerprint density at radius 1 is 1.15 bits per heavy atom. The third-order valence-corrected chi connectivity index (χ3v) is 11.3. The summed E-state index contributed by atoms with van der Waals surface area (Å²) in [5.41, 5.74) is 6.84. The van der Waals surface area contributed by atoms with E-state index >= 15 is 4.39 Å². The molecule has 48 heavy (non-hydrogen) atoms. The Morgan fingerprint density at radius 2 is 1.81 bits per heavy atom. The number of primary amides is 1. The minimum Gasteiger partial charge on any atom is -0.480 e. The van der Waals surface area contributed by atoms with Gasteiger partial charge in [0.15, 0.2) is 17.3 Å². The molecule has 0 spiro atoms. The van der Waals surface area contributed by atoms with Gasteiger partial charge in [0.2, 0.25) is 5.91 Å². The average molecular weight is 680 g/mol. The number of nitrogens with two attached hydrogens (primary N) is 1. The molecule has 7 unspecified atom stereocenters. The zero-order chi connectivity index (χ0) is 34.7. The first-order chi connectivity index (χ1) is 22.8. The highest BCUT2D eigenvalue weighted by molar-refractivity contribution is 7.80. The van der Waals surface area contributed by atoms with Gasteiger partial charge in [0.1, 0.15) is 28.5 Å². The van der Waals surface area contributed by atoms with Gasteiger partial charge in [-0.25, -0.2) is 4.39 Å². The van der Waals surface area contributed by atoms with Gasteiger partial charge in [-0.3, -0.25) is 29.0 Å². The van der Waals surface area contributed by atoms with Gasteiger partial charge in [0.25, 0.3) is 0 Å². The minimum absolute atomic E-state index is 0.0641. The number of benzene rings is 2. The normalized spacial score (nSPS) is 29.0. The third-order valence-electron chi connectivity index (χ3n) is 11.2. The van der Waals surface area contributed by atoms with Crippen LogP contribution in [-0.4, -0.2) is 83.9 Å². The molecule has 2 aromatic rings. The number of amides is 1. The largest absolute Gasteiger partial charge is 0.480 e. The van der Waals surface area contributed by atoms with Crippen molar-refractivity contribution in [1.29, 1.82) is 0 Å². The van der Waals surface area contributed by atoms with Crippen LogP contribution in [0.4, 0.5) is 4.39 Å². The smallest absolute Gasteiger partial charge is 0.228 e. The maximum Gasteiger partial charge on any atom is 0.228 e. The van der Waals surface area contributed by atoms with Gasteiger partial charge in [-0.2, -0.15) is 0 Å². The lowest BCUT2D eigenvalue weighted by Crippen LogP contribution is -2.70. The molecule has 7 atom stereocenters. The highest BCUT2D eigenvalue weighted by Gasteiger charge is 2.66. The van der Waals surface area contributed by atoms with Gasteiger partial charge in [0, 0.05) is 43.2 Å². The van der Waals surface area contributed by atoms with Gasteiger partial charge >= 0.3 is 0 Å². The van der Waals surface area contributed by atoms with Crippen molar-refractivity contribution in [3.05, 3.63) is 64.0 Å². The van der Waals surface area contributed by atoms with E-state index in [4.69, 9.17) is 15.2 Å². The maximum absolute atomic E-state index is 16.9. The Kier molecular flexibility index (Phi) is 9.63. The molecule has 2 N–H and O–H groups in total. The zero-order valence-corrected chi connectivity index (χ0v) is 29.2. The van der Waals surface area contributed by atoms with Crippen molar-refractivity contribution in [3.8, 4) is 5.75 Å². The van der Waals surface area contributed by atoms with Crippen LogP contribution in [0.5, 0.6) is 5.75 Å². The minimum atomic E-state index is -1.58. The van der Waals surface area contributed by atoms with Crippen molar-refractivity contribution in [3.63, 3.8) is 0 Å². The topological polar surface area (TPSA) is 119 Å². The lowest BCUT2D eigenvalue weighted by molar-refractivity contribution is -0.182. The summed E-state index contributed by atoms with van der Waals surface area (Å²) in [5.74, 6) is -6.04. The Labute approximate surface area is 287 Å². The number of halogens is 1. The second-order valence-electron chi connectivity index (χ2n) is 14.3. The Morgan fingerprint density at radius 3 is 2.38 bits per heavy atom. The number of carbonyl (C=O) groups is 4. The summed E-state index contributed by atoms with van der Waals surface area (Å²) in [6, 6.07) is 9.39. The van der Waals surface area contributed by atoms with Crippen LogP contribution in [0.15, 0.2) is 30.3 Å². The van der Waals surface area contributed by atoms with Gasteiger partial charge < -0.3 is 15.2 Å². The Balaban J connectivity index is 1.40. The van der Waals surface area contributed by atoms with Gasteiger partial charge in [-0.1, -0.05) is 31.2 Å². The van der Waals surface area contributed by atoms with Crippen LogP contribution < -0.4 is 10.5 Å². The molecular formula is C37H46FN3O6S. The average Bonchev–Trinajstić information content (AvgIpc) is 3.46. The van der Waals surface area contributed by atoms with Crippen LogP contribution in [0.25, 0.3) is 0 Å². The third kappa shape index (κ3) is 5.70. The molecular weight excluding hydrogens is 633 g/mol. The fraction of sp³-hybridized carbons (Fsp3) is 0.568. The van der Waals surface area contributed by atoms with Crippen molar-refractivity contribution in [2.75, 3.05) is 27.7 Å². The summed E-state index contributed by atoms with van der Waals surface area (Å²) in [5, 5.41) is 0. The van der Waals surface area contributed by atoms with Gasteiger partial charge in [-0.15, -0.1) is 12.6 Å². The van der Waals surface area contributed by atoms with Crippen LogP contribution in [-0.2, 0) is 44.9 Å². The number of nitrogens with zero attached hydrogens (tertiary/aromatic N) is 2. The van der Waals surface area contributed by atoms with Gasteiger partial charge in [-0.05, 0) is 82.8 Å². The Hall–Kier alpha value is -3.12. The number of ether oxygens (including phenoxy) is 2. The number of carbonyl (C=O) groups excluding carboxylic acids is 4. The molecule has 258 valence electrons. The molecule has 2 fully saturated rings. The van der Waals surface area contributed by atoms with Crippen molar-refractivity contribution < 1.29 is 33.0 Å². The Bertz CT molecular complexity index is 1620. The summed E-state index contributed by atoms with van der Waals surface area (Å²) >= 11 is 4.43. The molecule has 0 aromatic heterocycles. The number of Topliss-reactive ketones (excluding diaryl/α,β-unsaturated/α-hetero) is 3. The van der Waals surface area contributed by atoms with Gasteiger partial charge in [0.05, 0.1) is 17.5 Å². The highest BCUT2D eigenvalue weighted by Crippen LogP contribution is 2.53. The predicted octanol–water partition coefficient (Wildman–Crippen LogP) is 3.81. The number of ketones is 3. The molecule has 4 aliphatic rings. The number of rotatable bonds is 10. The van der Waals surface area contributed by atoms with Crippen molar-refractivity contribution in [1.82, 2.24) is 9.80 Å². The second-order valence-corrected chi connectivity index (χ2v) is 15.0. The highest BCUT2D eigenvalue weighted by atomic mass is 32.1. The number of likely N-dealkylation sites (N-methyl/N-ethyl adjacent to an activating group) is 1. The van der Waals surface area contributed by atoms with E-state index in [0.29, 0.717) is 12.1 Å². The zero-order valence-electron chi connectivity index (χ0n) is 28.3. The van der Waals surface area contributed by atoms with E-state index < -0.39 is 64.0 Å². The van der Waals surface area contributed by atoms with E-state index in [0.717, 1.165) is 25.8 Å². The number of hydrogen-bond donors (Lipinski definition) is 2. The summed E-state index contributed by atoms with van der Waals surface area (Å²) in [6.45, 7) is 4.94. The number of thiol groups is 1. The molecule has 0 heterocycles. The lowest BCUT2D eigenvalue weighted by atomic mass is 9.52. The fourth-order valence-corrected chi connectivity index (χ4v) is 9.30. The van der Waals surface area contributed by atoms with E-state index in [9.17, 15) is 19.2 Å². The summed E-state index contributed by atoms with van der Waals surface area (Å²) < 4.78 is 28.9. The van der Waals surface area contributed by atoms with E-state index in [1.807, 2.05) is 12.1 Å². The van der Waals surface area contributed by atoms with Crippen LogP contribution >= 0.6 is 12.6 Å². The first-order valence-electron chi connectivity index (χ1n) is 17.0. The van der Waals surface area contributed by atoms with E-state index in [1.165, 1.54) is 18.2 Å². The van der Waals surface area contributed by atoms with Crippen LogP contribution in [0.2, 0.25) is 0 Å². The standard InChI is InChI=1S/C37H46FN3O6S/c1-6-11-41(24-12-20-9-7-8-10-21(20)13-24)18-23-16-28(47-19(2)48)30-25(31(23)38)14-22-15-27-32(40(3)4)33(42)26(36(39)45)17-37(27,46-5)35(44)29(22)34(30)43/h7-10,16,19,22,24,26-27,29,32,48H,6,11-15,17-18H2,1-5H3,(H2,39,45). The number of hydrogen-bond acceptors (Lipinski definition) is 9. The molecule has 2 aromatic carbocycles. The fourth-order valence-electron chi connectivity index (χ4n) is 9.19. The molecule has 2 saturated carbocycles. The quantitative estimate of drug-likeness (QED) is 0.221.